The molecule has 0 unspecified atom stereocenters. The van der Waals surface area contributed by atoms with Crippen LogP contribution in [0.4, 0.5) is 10.2 Å². The molecule has 8 heteroatoms. The standard InChI is InChI=1S/C24H25FN4O3/c1-17-5-7-21(8-6-17)32-16-23(30)28-13-10-20(11-14-28)29-22(9-12-26-29)27-24(31)18-3-2-4-19(25)15-18/h2-9,12,15,20H,10-11,13-14,16H2,1H3,(H,27,31). The third-order valence-corrected chi connectivity index (χ3v) is 5.55. The van der Waals surface area contributed by atoms with Crippen molar-refractivity contribution in [1.82, 2.24) is 14.7 Å². The Morgan fingerprint density at radius 2 is 1.88 bits per heavy atom. The number of likely N-dealkylation sites (tertiary alicyclic amines) is 1. The van der Waals surface area contributed by atoms with Crippen molar-refractivity contribution in [2.24, 2.45) is 0 Å². The summed E-state index contributed by atoms with van der Waals surface area (Å²) >= 11 is 0. The van der Waals surface area contributed by atoms with Gasteiger partial charge in [-0.05, 0) is 50.1 Å². The maximum atomic E-state index is 13.4. The molecule has 1 aromatic heterocycles. The summed E-state index contributed by atoms with van der Waals surface area (Å²) in [6.45, 7) is 3.16. The van der Waals surface area contributed by atoms with Crippen molar-refractivity contribution >= 4 is 17.6 Å². The molecule has 7 nitrogen and oxygen atoms in total. The molecule has 3 aromatic rings. The Labute approximate surface area is 185 Å². The molecule has 0 atom stereocenters. The van der Waals surface area contributed by atoms with Crippen molar-refractivity contribution in [1.29, 1.82) is 0 Å². The fraction of sp³-hybridized carbons (Fsp3) is 0.292. The van der Waals surface area contributed by atoms with E-state index in [1.165, 1.54) is 18.2 Å². The van der Waals surface area contributed by atoms with Crippen molar-refractivity contribution in [3.8, 4) is 5.75 Å². The van der Waals surface area contributed by atoms with Crippen molar-refractivity contribution < 1.29 is 18.7 Å². The van der Waals surface area contributed by atoms with Gasteiger partial charge in [-0.3, -0.25) is 9.59 Å². The molecule has 4 rings (SSSR count). The van der Waals surface area contributed by atoms with Crippen LogP contribution in [0, 0.1) is 12.7 Å². The largest absolute Gasteiger partial charge is 0.484 e. The van der Waals surface area contributed by atoms with Gasteiger partial charge in [0.15, 0.2) is 6.61 Å². The number of carbonyl (C=O) groups excluding carboxylic acids is 2. The lowest BCUT2D eigenvalue weighted by atomic mass is 10.1. The first-order valence-electron chi connectivity index (χ1n) is 10.6. The highest BCUT2D eigenvalue weighted by Gasteiger charge is 2.26. The molecular formula is C24H25FN4O3. The van der Waals surface area contributed by atoms with Crippen LogP contribution in [0.1, 0.15) is 34.8 Å². The summed E-state index contributed by atoms with van der Waals surface area (Å²) in [5, 5.41) is 7.16. The van der Waals surface area contributed by atoms with Crippen LogP contribution in [0.3, 0.4) is 0 Å². The zero-order valence-electron chi connectivity index (χ0n) is 17.8. The Balaban J connectivity index is 1.31. The number of nitrogens with one attached hydrogen (secondary N) is 1. The van der Waals surface area contributed by atoms with E-state index in [0.29, 0.717) is 37.5 Å². The molecule has 0 bridgehead atoms. The van der Waals surface area contributed by atoms with E-state index in [2.05, 4.69) is 10.4 Å². The average Bonchev–Trinajstić information content (AvgIpc) is 3.26. The predicted octanol–water partition coefficient (Wildman–Crippen LogP) is 3.83. The molecule has 1 N–H and O–H groups in total. The van der Waals surface area contributed by atoms with Crippen LogP contribution in [-0.2, 0) is 4.79 Å². The number of aryl methyl sites for hydroxylation is 1. The van der Waals surface area contributed by atoms with Gasteiger partial charge in [0.05, 0.1) is 12.2 Å². The van der Waals surface area contributed by atoms with Gasteiger partial charge in [0.25, 0.3) is 11.8 Å². The lowest BCUT2D eigenvalue weighted by molar-refractivity contribution is -0.134. The third-order valence-electron chi connectivity index (χ3n) is 5.55. The van der Waals surface area contributed by atoms with Gasteiger partial charge < -0.3 is 15.0 Å². The number of carbonyl (C=O) groups is 2. The minimum absolute atomic E-state index is 0.00440. The summed E-state index contributed by atoms with van der Waals surface area (Å²) in [5.41, 5.74) is 1.38. The number of anilines is 1. The van der Waals surface area contributed by atoms with Gasteiger partial charge in [-0.1, -0.05) is 23.8 Å². The quantitative estimate of drug-likeness (QED) is 0.637. The van der Waals surface area contributed by atoms with Crippen LogP contribution in [0.5, 0.6) is 5.75 Å². The lowest BCUT2D eigenvalue weighted by Crippen LogP contribution is -2.41. The van der Waals surface area contributed by atoms with E-state index >= 15 is 0 Å². The molecule has 0 radical (unpaired) electrons. The van der Waals surface area contributed by atoms with Crippen LogP contribution in [0.2, 0.25) is 0 Å². The van der Waals surface area contributed by atoms with Crippen LogP contribution in [0.25, 0.3) is 0 Å². The summed E-state index contributed by atoms with van der Waals surface area (Å²) in [7, 11) is 0. The normalized spacial score (nSPS) is 14.2. The maximum Gasteiger partial charge on any atom is 0.260 e. The van der Waals surface area contributed by atoms with Crippen molar-refractivity contribution in [3.05, 3.63) is 77.7 Å². The van der Waals surface area contributed by atoms with Crippen LogP contribution in [-0.4, -0.2) is 46.2 Å². The first kappa shape index (κ1) is 21.5. The van der Waals surface area contributed by atoms with Crippen molar-refractivity contribution in [3.63, 3.8) is 0 Å². The van der Waals surface area contributed by atoms with Gasteiger partial charge in [0, 0.05) is 24.7 Å². The fourth-order valence-electron chi connectivity index (χ4n) is 3.75. The summed E-state index contributed by atoms with van der Waals surface area (Å²) in [4.78, 5) is 26.8. The molecule has 2 heterocycles. The second-order valence-corrected chi connectivity index (χ2v) is 7.84. The second-order valence-electron chi connectivity index (χ2n) is 7.84. The summed E-state index contributed by atoms with van der Waals surface area (Å²) in [6, 6.07) is 14.9. The van der Waals surface area contributed by atoms with Gasteiger partial charge in [0.2, 0.25) is 0 Å². The Hall–Kier alpha value is -3.68. The van der Waals surface area contributed by atoms with E-state index in [1.807, 2.05) is 31.2 Å². The highest BCUT2D eigenvalue weighted by molar-refractivity contribution is 6.03. The molecule has 166 valence electrons. The number of amides is 2. The van der Waals surface area contributed by atoms with E-state index in [9.17, 15) is 14.0 Å². The topological polar surface area (TPSA) is 76.5 Å². The number of rotatable bonds is 6. The molecular weight excluding hydrogens is 411 g/mol. The van der Waals surface area contributed by atoms with Crippen LogP contribution >= 0.6 is 0 Å². The number of hydrogen-bond donors (Lipinski definition) is 1. The van der Waals surface area contributed by atoms with Gasteiger partial charge in [0.1, 0.15) is 17.4 Å². The molecule has 2 aromatic carbocycles. The first-order valence-corrected chi connectivity index (χ1v) is 10.6. The van der Waals surface area contributed by atoms with Gasteiger partial charge in [-0.2, -0.15) is 5.10 Å². The Morgan fingerprint density at radius 1 is 1.12 bits per heavy atom. The zero-order valence-corrected chi connectivity index (χ0v) is 17.8. The molecule has 2 amide bonds. The molecule has 32 heavy (non-hydrogen) atoms. The number of piperidine rings is 1. The second kappa shape index (κ2) is 9.64. The summed E-state index contributed by atoms with van der Waals surface area (Å²) < 4.78 is 20.8. The van der Waals surface area contributed by atoms with E-state index in [4.69, 9.17) is 4.74 Å². The van der Waals surface area contributed by atoms with E-state index in [0.717, 1.165) is 5.56 Å². The zero-order chi connectivity index (χ0) is 22.5. The Morgan fingerprint density at radius 3 is 2.59 bits per heavy atom. The third kappa shape index (κ3) is 5.14. The Kier molecular flexibility index (Phi) is 6.49. The van der Waals surface area contributed by atoms with E-state index in [-0.39, 0.29) is 24.1 Å². The van der Waals surface area contributed by atoms with Gasteiger partial charge in [-0.25, -0.2) is 9.07 Å². The molecule has 0 saturated carbocycles. The average molecular weight is 436 g/mol. The monoisotopic (exact) mass is 436 g/mol. The number of nitrogens with zero attached hydrogens (tertiary/aromatic N) is 3. The molecule has 1 aliphatic heterocycles. The van der Waals surface area contributed by atoms with Crippen molar-refractivity contribution in [2.45, 2.75) is 25.8 Å². The SMILES string of the molecule is Cc1ccc(OCC(=O)N2CCC(n3nccc3NC(=O)c3cccc(F)c3)CC2)cc1. The highest BCUT2D eigenvalue weighted by Crippen LogP contribution is 2.26. The molecule has 1 saturated heterocycles. The molecule has 1 aliphatic rings. The van der Waals surface area contributed by atoms with Crippen LogP contribution in [0.15, 0.2) is 60.8 Å². The smallest absolute Gasteiger partial charge is 0.260 e. The number of hydrogen-bond acceptors (Lipinski definition) is 4. The number of ether oxygens (including phenoxy) is 1. The molecule has 1 fully saturated rings. The summed E-state index contributed by atoms with van der Waals surface area (Å²) in [5.74, 6) is 0.312. The highest BCUT2D eigenvalue weighted by atomic mass is 19.1. The minimum atomic E-state index is -0.463. The number of benzene rings is 2. The van der Waals surface area contributed by atoms with E-state index < -0.39 is 11.7 Å². The Bertz CT molecular complexity index is 1090. The number of aromatic nitrogens is 2. The number of halogens is 1. The first-order chi connectivity index (χ1) is 15.5. The summed E-state index contributed by atoms with van der Waals surface area (Å²) in [6.07, 6.45) is 3.04. The molecule has 0 spiro atoms. The molecule has 0 aliphatic carbocycles. The lowest BCUT2D eigenvalue weighted by Gasteiger charge is -2.32. The van der Waals surface area contributed by atoms with Gasteiger partial charge in [-0.15, -0.1) is 0 Å². The predicted molar refractivity (Wildman–Crippen MR) is 118 cm³/mol. The van der Waals surface area contributed by atoms with Crippen molar-refractivity contribution in [2.75, 3.05) is 25.0 Å². The van der Waals surface area contributed by atoms with Crippen LogP contribution < -0.4 is 10.1 Å². The maximum absolute atomic E-state index is 13.4. The fourth-order valence-corrected chi connectivity index (χ4v) is 3.75. The van der Waals surface area contributed by atoms with Gasteiger partial charge >= 0.3 is 0 Å². The van der Waals surface area contributed by atoms with E-state index in [1.54, 1.807) is 27.9 Å². The minimum Gasteiger partial charge on any atom is -0.484 e.